The number of methoxy groups -OCH3 is 2. The molecule has 1 aliphatic carbocycles. The van der Waals surface area contributed by atoms with E-state index in [-0.39, 0.29) is 36.6 Å². The zero-order valence-corrected chi connectivity index (χ0v) is 23.8. The molecule has 2 saturated heterocycles. The van der Waals surface area contributed by atoms with Crippen molar-refractivity contribution in [2.24, 2.45) is 11.3 Å². The number of hydrogen-bond donors (Lipinski definition) is 2. The Kier molecular flexibility index (Phi) is 8.86. The highest BCUT2D eigenvalue weighted by atomic mass is 32.1. The Bertz CT molecular complexity index is 1090. The van der Waals surface area contributed by atoms with Crippen LogP contribution in [0.2, 0.25) is 0 Å². The Morgan fingerprint density at radius 2 is 2.15 bits per heavy atom. The highest BCUT2D eigenvalue weighted by molar-refractivity contribution is 7.80. The number of hydrogen-bond acceptors (Lipinski definition) is 7. The van der Waals surface area contributed by atoms with Gasteiger partial charge in [0.15, 0.2) is 5.11 Å². The molecule has 2 N–H and O–H groups in total. The molecule has 3 fully saturated rings. The molecule has 4 aliphatic rings. The number of carbonyl (C=O) groups excluding carboxylic acids is 1. The van der Waals surface area contributed by atoms with Crippen molar-refractivity contribution in [2.45, 2.75) is 56.6 Å². The number of halogens is 3. The summed E-state index contributed by atoms with van der Waals surface area (Å²) in [6.07, 6.45) is -0.952. The summed E-state index contributed by atoms with van der Waals surface area (Å²) in [5, 5.41) is 7.57. The molecular formula is C27H38F3N5O4S. The summed E-state index contributed by atoms with van der Waals surface area (Å²) in [5.74, 6) is 0.0452. The first-order valence-corrected chi connectivity index (χ1v) is 14.3. The normalized spacial score (nSPS) is 30.2. The van der Waals surface area contributed by atoms with Gasteiger partial charge >= 0.3 is 6.18 Å². The molecule has 3 aliphatic heterocycles. The van der Waals surface area contributed by atoms with Gasteiger partial charge in [0.25, 0.3) is 0 Å². The minimum absolute atomic E-state index is 0.0117. The molecule has 222 valence electrons. The molecule has 0 bridgehead atoms. The van der Waals surface area contributed by atoms with Gasteiger partial charge < -0.3 is 34.6 Å². The average molecular weight is 586 g/mol. The van der Waals surface area contributed by atoms with E-state index in [0.717, 1.165) is 25.1 Å². The van der Waals surface area contributed by atoms with Gasteiger partial charge in [-0.1, -0.05) is 0 Å². The van der Waals surface area contributed by atoms with Crippen LogP contribution in [0.4, 0.5) is 13.2 Å². The largest absolute Gasteiger partial charge is 0.417 e. The van der Waals surface area contributed by atoms with Gasteiger partial charge in [-0.3, -0.25) is 9.78 Å². The maximum absolute atomic E-state index is 14.4. The predicted octanol–water partition coefficient (Wildman–Crippen LogP) is 1.98. The fourth-order valence-corrected chi connectivity index (χ4v) is 7.10. The Labute approximate surface area is 238 Å². The molecule has 0 spiro atoms. The summed E-state index contributed by atoms with van der Waals surface area (Å²) in [4.78, 5) is 22.3. The Balaban J connectivity index is 1.35. The summed E-state index contributed by atoms with van der Waals surface area (Å²) in [6, 6.07) is 1.39. The Morgan fingerprint density at radius 1 is 1.32 bits per heavy atom. The molecule has 5 atom stereocenters. The van der Waals surface area contributed by atoms with E-state index in [4.69, 9.17) is 26.4 Å². The first kappa shape index (κ1) is 29.4. The summed E-state index contributed by atoms with van der Waals surface area (Å²) in [6.45, 7) is 3.95. The second-order valence-corrected chi connectivity index (χ2v) is 11.7. The lowest BCUT2D eigenvalue weighted by Crippen LogP contribution is -2.52. The highest BCUT2D eigenvalue weighted by Crippen LogP contribution is 2.50. The number of pyridine rings is 1. The van der Waals surface area contributed by atoms with Crippen LogP contribution in [0.5, 0.6) is 0 Å². The van der Waals surface area contributed by atoms with E-state index in [1.165, 1.54) is 0 Å². The molecule has 2 unspecified atom stereocenters. The summed E-state index contributed by atoms with van der Waals surface area (Å²) < 4.78 is 56.5. The number of aromatic nitrogens is 1. The third kappa shape index (κ3) is 5.94. The number of alkyl halides is 3. The van der Waals surface area contributed by atoms with Gasteiger partial charge in [-0.05, 0) is 49.0 Å². The third-order valence-corrected chi connectivity index (χ3v) is 9.28. The van der Waals surface area contributed by atoms with Crippen molar-refractivity contribution in [2.75, 3.05) is 60.2 Å². The first-order chi connectivity index (χ1) is 19.1. The molecule has 1 amide bonds. The van der Waals surface area contributed by atoms with Gasteiger partial charge in [-0.25, -0.2) is 0 Å². The molecule has 1 aromatic heterocycles. The summed E-state index contributed by atoms with van der Waals surface area (Å²) in [5.41, 5.74) is -0.388. The quantitative estimate of drug-likeness (QED) is 0.369. The second-order valence-electron chi connectivity index (χ2n) is 11.3. The van der Waals surface area contributed by atoms with E-state index < -0.39 is 17.2 Å². The topological polar surface area (TPSA) is 88.2 Å². The molecule has 0 radical (unpaired) electrons. The van der Waals surface area contributed by atoms with E-state index in [1.54, 1.807) is 19.1 Å². The maximum atomic E-state index is 14.4. The SMILES string of the molecule is COCCNC(=S)N1C[C@@H]2C[C@@H](NC3CCOCC3OC)C[C@]2(C(=O)N2CCc3ncc(C(F)(F)F)cc3C2)C1. The fourth-order valence-electron chi connectivity index (χ4n) is 6.86. The van der Waals surface area contributed by atoms with Crippen LogP contribution < -0.4 is 10.6 Å². The first-order valence-electron chi connectivity index (χ1n) is 13.9. The number of nitrogens with one attached hydrogen (secondary N) is 2. The van der Waals surface area contributed by atoms with Crippen LogP contribution in [0, 0.1) is 11.3 Å². The third-order valence-electron chi connectivity index (χ3n) is 8.88. The van der Waals surface area contributed by atoms with E-state index >= 15 is 0 Å². The smallest absolute Gasteiger partial charge is 0.383 e. The zero-order chi connectivity index (χ0) is 28.5. The highest BCUT2D eigenvalue weighted by Gasteiger charge is 2.59. The van der Waals surface area contributed by atoms with Crippen molar-refractivity contribution >= 4 is 23.2 Å². The van der Waals surface area contributed by atoms with E-state index in [0.29, 0.717) is 75.2 Å². The minimum Gasteiger partial charge on any atom is -0.383 e. The van der Waals surface area contributed by atoms with Crippen LogP contribution >= 0.6 is 12.2 Å². The van der Waals surface area contributed by atoms with E-state index in [9.17, 15) is 18.0 Å². The van der Waals surface area contributed by atoms with Crippen molar-refractivity contribution in [3.63, 3.8) is 0 Å². The van der Waals surface area contributed by atoms with Crippen molar-refractivity contribution in [3.05, 3.63) is 29.1 Å². The lowest BCUT2D eigenvalue weighted by molar-refractivity contribution is -0.143. The second kappa shape index (κ2) is 12.0. The van der Waals surface area contributed by atoms with Crippen LogP contribution in [0.15, 0.2) is 12.3 Å². The minimum atomic E-state index is -4.48. The van der Waals surface area contributed by atoms with Gasteiger partial charge in [0.1, 0.15) is 0 Å². The van der Waals surface area contributed by atoms with Crippen molar-refractivity contribution in [1.29, 1.82) is 0 Å². The zero-order valence-electron chi connectivity index (χ0n) is 23.0. The number of thiocarbonyl (C=S) groups is 1. The Hall–Kier alpha value is -2.06. The number of amides is 1. The fraction of sp³-hybridized carbons (Fsp3) is 0.741. The molecule has 1 saturated carbocycles. The molecular weight excluding hydrogens is 547 g/mol. The predicted molar refractivity (Wildman–Crippen MR) is 145 cm³/mol. The number of fused-ring (bicyclic) bond motifs is 2. The molecule has 13 heteroatoms. The number of rotatable bonds is 7. The molecule has 4 heterocycles. The van der Waals surface area contributed by atoms with Crippen molar-refractivity contribution in [1.82, 2.24) is 25.4 Å². The number of likely N-dealkylation sites (tertiary alicyclic amines) is 1. The lowest BCUT2D eigenvalue weighted by Gasteiger charge is -2.38. The van der Waals surface area contributed by atoms with Crippen molar-refractivity contribution in [3.8, 4) is 0 Å². The monoisotopic (exact) mass is 585 g/mol. The van der Waals surface area contributed by atoms with Crippen LogP contribution in [0.3, 0.4) is 0 Å². The van der Waals surface area contributed by atoms with Crippen molar-refractivity contribution < 1.29 is 32.2 Å². The standard InChI is InChI=1S/C27H38F3N5O4S/c1-37-8-5-31-25(40)35-14-19-10-20(33-22-4-7-39-15-23(22)38-2)11-26(19,16-35)24(36)34-6-3-21-17(13-34)9-18(12-32-21)27(28,29)30/h9,12,19-20,22-23,33H,3-8,10-11,13-16H2,1-2H3,(H,31,40)/t19-,20+,22?,23?,26-/m0/s1. The summed E-state index contributed by atoms with van der Waals surface area (Å²) in [7, 11) is 3.31. The van der Waals surface area contributed by atoms with Gasteiger partial charge in [0.2, 0.25) is 5.91 Å². The summed E-state index contributed by atoms with van der Waals surface area (Å²) >= 11 is 5.66. The molecule has 0 aromatic carbocycles. The van der Waals surface area contributed by atoms with Crippen LogP contribution in [0.1, 0.15) is 36.1 Å². The Morgan fingerprint density at radius 3 is 2.90 bits per heavy atom. The molecule has 1 aromatic rings. The number of ether oxygens (including phenoxy) is 3. The average Bonchev–Trinajstić information content (AvgIpc) is 3.47. The van der Waals surface area contributed by atoms with E-state index in [2.05, 4.69) is 20.5 Å². The molecule has 9 nitrogen and oxygen atoms in total. The van der Waals surface area contributed by atoms with Gasteiger partial charge in [0.05, 0.1) is 30.3 Å². The van der Waals surface area contributed by atoms with Crippen LogP contribution in [-0.4, -0.2) is 104 Å². The van der Waals surface area contributed by atoms with Gasteiger partial charge in [-0.15, -0.1) is 0 Å². The molecule has 5 rings (SSSR count). The number of nitrogens with zero attached hydrogens (tertiary/aromatic N) is 3. The van der Waals surface area contributed by atoms with E-state index in [1.807, 2.05) is 0 Å². The number of carbonyl (C=O) groups is 1. The van der Waals surface area contributed by atoms with Crippen LogP contribution in [-0.2, 0) is 38.1 Å². The maximum Gasteiger partial charge on any atom is 0.417 e. The van der Waals surface area contributed by atoms with Gasteiger partial charge in [0, 0.05) is 83.9 Å². The lowest BCUT2D eigenvalue weighted by atomic mass is 9.78. The molecule has 40 heavy (non-hydrogen) atoms. The van der Waals surface area contributed by atoms with Crippen LogP contribution in [0.25, 0.3) is 0 Å². The van der Waals surface area contributed by atoms with Gasteiger partial charge in [-0.2, -0.15) is 13.2 Å².